The predicted octanol–water partition coefficient (Wildman–Crippen LogP) is 2.99. The van der Waals surface area contributed by atoms with Gasteiger partial charge in [0.25, 0.3) is 0 Å². The molecule has 1 saturated carbocycles. The second kappa shape index (κ2) is 6.57. The molecular weight excluding hydrogens is 258 g/mol. The third-order valence-electron chi connectivity index (χ3n) is 4.88. The van der Waals surface area contributed by atoms with E-state index in [2.05, 4.69) is 20.8 Å². The minimum atomic E-state index is -2.83. The summed E-state index contributed by atoms with van der Waals surface area (Å²) in [6.07, 6.45) is 5.28. The van der Waals surface area contributed by atoms with Gasteiger partial charge in [-0.15, -0.1) is 0 Å². The highest BCUT2D eigenvalue weighted by Gasteiger charge is 2.36. The molecule has 0 saturated heterocycles. The molecule has 0 aromatic heterocycles. The Kier molecular flexibility index (Phi) is 5.87. The molecule has 0 amide bonds. The minimum absolute atomic E-state index is 0.156. The predicted molar refractivity (Wildman–Crippen MR) is 81.8 cm³/mol. The fourth-order valence-electron chi connectivity index (χ4n) is 3.47. The van der Waals surface area contributed by atoms with Crippen LogP contribution in [-0.4, -0.2) is 26.0 Å². The van der Waals surface area contributed by atoms with Crippen molar-refractivity contribution < 1.29 is 8.42 Å². The molecular formula is C15H31NO2S. The molecule has 1 rings (SSSR count). The first-order valence-electron chi connectivity index (χ1n) is 7.64. The molecule has 1 fully saturated rings. The van der Waals surface area contributed by atoms with Crippen LogP contribution >= 0.6 is 0 Å². The summed E-state index contributed by atoms with van der Waals surface area (Å²) in [6, 6.07) is 0.279. The van der Waals surface area contributed by atoms with Crippen LogP contribution in [0.2, 0.25) is 0 Å². The Bertz CT molecular complexity index is 376. The first-order valence-corrected chi connectivity index (χ1v) is 9.46. The lowest BCUT2D eigenvalue weighted by Crippen LogP contribution is -2.43. The number of hydrogen-bond acceptors (Lipinski definition) is 3. The van der Waals surface area contributed by atoms with Crippen molar-refractivity contribution in [3.63, 3.8) is 0 Å². The summed E-state index contributed by atoms with van der Waals surface area (Å²) in [7, 11) is -2.83. The molecule has 3 atom stereocenters. The largest absolute Gasteiger partial charge is 0.327 e. The smallest absolute Gasteiger partial charge is 0.150 e. The van der Waals surface area contributed by atoms with E-state index >= 15 is 0 Å². The van der Waals surface area contributed by atoms with E-state index in [4.69, 9.17) is 5.73 Å². The van der Waals surface area contributed by atoms with Crippen LogP contribution in [0, 0.1) is 17.3 Å². The SMILES string of the molecule is CCS(=O)(=O)CCCC(C)(C)C1CCC(C)CC1N. The molecule has 1 aliphatic carbocycles. The first kappa shape index (κ1) is 17.0. The summed E-state index contributed by atoms with van der Waals surface area (Å²) in [4.78, 5) is 0. The number of rotatable bonds is 6. The standard InChI is InChI=1S/C15H31NO2S/c1-5-19(17,18)10-6-9-15(3,4)13-8-7-12(2)11-14(13)16/h12-14H,5-11,16H2,1-4H3. The number of hydrogen-bond donors (Lipinski definition) is 1. The highest BCUT2D eigenvalue weighted by Crippen LogP contribution is 2.42. The second-order valence-electron chi connectivity index (χ2n) is 7.02. The molecule has 1 aliphatic rings. The van der Waals surface area contributed by atoms with E-state index in [-0.39, 0.29) is 17.2 Å². The summed E-state index contributed by atoms with van der Waals surface area (Å²) >= 11 is 0. The van der Waals surface area contributed by atoms with Crippen molar-refractivity contribution >= 4 is 9.84 Å². The summed E-state index contributed by atoms with van der Waals surface area (Å²) in [6.45, 7) is 8.51. The van der Waals surface area contributed by atoms with Gasteiger partial charge in [-0.1, -0.05) is 34.1 Å². The van der Waals surface area contributed by atoms with Gasteiger partial charge in [0.15, 0.2) is 0 Å². The maximum atomic E-state index is 11.5. The molecule has 3 unspecified atom stereocenters. The van der Waals surface area contributed by atoms with Crippen LogP contribution in [0.15, 0.2) is 0 Å². The van der Waals surface area contributed by atoms with Gasteiger partial charge in [0, 0.05) is 11.8 Å². The molecule has 19 heavy (non-hydrogen) atoms. The molecule has 3 nitrogen and oxygen atoms in total. The van der Waals surface area contributed by atoms with Gasteiger partial charge in [0.2, 0.25) is 0 Å². The fraction of sp³-hybridized carbons (Fsp3) is 1.00. The fourth-order valence-corrected chi connectivity index (χ4v) is 4.35. The van der Waals surface area contributed by atoms with Gasteiger partial charge < -0.3 is 5.73 Å². The van der Waals surface area contributed by atoms with Crippen molar-refractivity contribution in [1.29, 1.82) is 0 Å². The van der Waals surface area contributed by atoms with Crippen LogP contribution in [0.4, 0.5) is 0 Å². The zero-order chi connectivity index (χ0) is 14.7. The van der Waals surface area contributed by atoms with Crippen molar-refractivity contribution in [1.82, 2.24) is 0 Å². The molecule has 0 aromatic carbocycles. The minimum Gasteiger partial charge on any atom is -0.327 e. The summed E-state index contributed by atoms with van der Waals surface area (Å²) in [5.74, 6) is 1.86. The van der Waals surface area contributed by atoms with Crippen LogP contribution in [0.25, 0.3) is 0 Å². The molecule has 0 spiro atoms. The highest BCUT2D eigenvalue weighted by atomic mass is 32.2. The van der Waals surface area contributed by atoms with Crippen LogP contribution in [-0.2, 0) is 9.84 Å². The maximum Gasteiger partial charge on any atom is 0.150 e. The van der Waals surface area contributed by atoms with Gasteiger partial charge in [-0.2, -0.15) is 0 Å². The second-order valence-corrected chi connectivity index (χ2v) is 9.49. The molecule has 0 bridgehead atoms. The van der Waals surface area contributed by atoms with Gasteiger partial charge in [0.1, 0.15) is 9.84 Å². The quantitative estimate of drug-likeness (QED) is 0.817. The topological polar surface area (TPSA) is 60.2 Å². The lowest BCUT2D eigenvalue weighted by Gasteiger charge is -2.43. The van der Waals surface area contributed by atoms with E-state index in [1.807, 2.05) is 0 Å². The van der Waals surface area contributed by atoms with Crippen LogP contribution in [0.5, 0.6) is 0 Å². The first-order chi connectivity index (χ1) is 8.68. The Morgan fingerprint density at radius 3 is 2.42 bits per heavy atom. The van der Waals surface area contributed by atoms with E-state index in [9.17, 15) is 8.42 Å². The Morgan fingerprint density at radius 1 is 1.26 bits per heavy atom. The number of nitrogens with two attached hydrogens (primary N) is 1. The van der Waals surface area contributed by atoms with Crippen molar-refractivity contribution in [2.24, 2.45) is 23.0 Å². The third-order valence-corrected chi connectivity index (χ3v) is 6.67. The summed E-state index contributed by atoms with van der Waals surface area (Å²) in [5.41, 5.74) is 6.48. The molecule has 2 N–H and O–H groups in total. The monoisotopic (exact) mass is 289 g/mol. The zero-order valence-corrected chi connectivity index (χ0v) is 13.8. The molecule has 114 valence electrons. The molecule has 0 aliphatic heterocycles. The van der Waals surface area contributed by atoms with Gasteiger partial charge >= 0.3 is 0 Å². The van der Waals surface area contributed by atoms with Crippen LogP contribution < -0.4 is 5.73 Å². The van der Waals surface area contributed by atoms with Crippen molar-refractivity contribution in [2.75, 3.05) is 11.5 Å². The average molecular weight is 289 g/mol. The summed E-state index contributed by atoms with van der Waals surface area (Å²) in [5, 5.41) is 0. The molecule has 0 radical (unpaired) electrons. The van der Waals surface area contributed by atoms with Gasteiger partial charge in [-0.25, -0.2) is 8.42 Å². The van der Waals surface area contributed by atoms with Gasteiger partial charge in [-0.3, -0.25) is 0 Å². The normalized spacial score (nSPS) is 29.4. The van der Waals surface area contributed by atoms with Gasteiger partial charge in [-0.05, 0) is 42.9 Å². The Balaban J connectivity index is 2.51. The van der Waals surface area contributed by atoms with E-state index in [1.54, 1.807) is 6.92 Å². The van der Waals surface area contributed by atoms with E-state index in [0.29, 0.717) is 11.7 Å². The maximum absolute atomic E-state index is 11.5. The molecule has 4 heteroatoms. The number of sulfone groups is 1. The highest BCUT2D eigenvalue weighted by molar-refractivity contribution is 7.91. The average Bonchev–Trinajstić information content (AvgIpc) is 2.27. The Morgan fingerprint density at radius 2 is 1.89 bits per heavy atom. The van der Waals surface area contributed by atoms with Crippen molar-refractivity contribution in [3.05, 3.63) is 0 Å². The zero-order valence-electron chi connectivity index (χ0n) is 13.0. The molecule has 0 aromatic rings. The van der Waals surface area contributed by atoms with E-state index in [0.717, 1.165) is 25.2 Å². The Labute approximate surface area is 119 Å². The van der Waals surface area contributed by atoms with Gasteiger partial charge in [0.05, 0.1) is 5.75 Å². The molecule has 0 heterocycles. The Hall–Kier alpha value is -0.0900. The van der Waals surface area contributed by atoms with Crippen molar-refractivity contribution in [3.8, 4) is 0 Å². The van der Waals surface area contributed by atoms with E-state index < -0.39 is 9.84 Å². The van der Waals surface area contributed by atoms with E-state index in [1.165, 1.54) is 12.8 Å². The van der Waals surface area contributed by atoms with Crippen molar-refractivity contribution in [2.45, 2.75) is 65.8 Å². The van der Waals surface area contributed by atoms with Crippen LogP contribution in [0.3, 0.4) is 0 Å². The lowest BCUT2D eigenvalue weighted by molar-refractivity contribution is 0.104. The van der Waals surface area contributed by atoms with Crippen LogP contribution in [0.1, 0.15) is 59.8 Å². The third kappa shape index (κ3) is 5.07. The lowest BCUT2D eigenvalue weighted by atomic mass is 9.65. The summed E-state index contributed by atoms with van der Waals surface area (Å²) < 4.78 is 23.1.